The van der Waals surface area contributed by atoms with Gasteiger partial charge in [-0.25, -0.2) is 0 Å². The quantitative estimate of drug-likeness (QED) is 0.753. The Morgan fingerprint density at radius 3 is 2.50 bits per heavy atom. The third-order valence-electron chi connectivity index (χ3n) is 2.38. The summed E-state index contributed by atoms with van der Waals surface area (Å²) in [7, 11) is 0. The Morgan fingerprint density at radius 2 is 2.00 bits per heavy atom. The van der Waals surface area contributed by atoms with Gasteiger partial charge in [0.25, 0.3) is 0 Å². The van der Waals surface area contributed by atoms with E-state index in [9.17, 15) is 13.2 Å². The molecule has 0 fully saturated rings. The molecule has 7 heteroatoms. The van der Waals surface area contributed by atoms with E-state index < -0.39 is 11.7 Å². The van der Waals surface area contributed by atoms with E-state index in [1.165, 1.54) is 10.6 Å². The number of benzene rings is 1. The van der Waals surface area contributed by atoms with Crippen molar-refractivity contribution in [2.75, 3.05) is 0 Å². The molecule has 0 unspecified atom stereocenters. The van der Waals surface area contributed by atoms with Crippen LogP contribution >= 0.6 is 28.1 Å². The van der Waals surface area contributed by atoms with Gasteiger partial charge in [-0.2, -0.15) is 13.2 Å². The van der Waals surface area contributed by atoms with E-state index in [0.29, 0.717) is 10.5 Å². The Bertz CT molecular complexity index is 642. The zero-order chi connectivity index (χ0) is 13.5. The van der Waals surface area contributed by atoms with Crippen LogP contribution in [-0.4, -0.2) is 9.55 Å². The van der Waals surface area contributed by atoms with Crippen molar-refractivity contribution < 1.29 is 13.2 Å². The summed E-state index contributed by atoms with van der Waals surface area (Å²) < 4.78 is 40.2. The molecule has 1 heterocycles. The van der Waals surface area contributed by atoms with Crippen molar-refractivity contribution in [3.8, 4) is 5.69 Å². The first-order valence-corrected chi connectivity index (χ1v) is 6.14. The lowest BCUT2D eigenvalue weighted by Gasteiger charge is -2.11. The van der Waals surface area contributed by atoms with Gasteiger partial charge in [-0.15, -0.1) is 0 Å². The van der Waals surface area contributed by atoms with E-state index in [-0.39, 0.29) is 4.47 Å². The summed E-state index contributed by atoms with van der Waals surface area (Å²) in [6.07, 6.45) is -2.74. The van der Waals surface area contributed by atoms with E-state index in [1.807, 2.05) is 0 Å². The van der Waals surface area contributed by atoms with E-state index in [0.717, 1.165) is 11.8 Å². The molecule has 0 aliphatic rings. The molecule has 0 spiro atoms. The number of hydrogen-bond donors (Lipinski definition) is 1. The number of alkyl halides is 3. The molecule has 2 nitrogen and oxygen atoms in total. The van der Waals surface area contributed by atoms with Gasteiger partial charge in [-0.1, -0.05) is 15.9 Å². The first kappa shape index (κ1) is 13.4. The monoisotopic (exact) mass is 336 g/mol. The molecule has 0 amide bonds. The van der Waals surface area contributed by atoms with Gasteiger partial charge >= 0.3 is 6.18 Å². The first-order valence-electron chi connectivity index (χ1n) is 4.94. The molecule has 2 aromatic rings. The molecular weight excluding hydrogens is 329 g/mol. The third kappa shape index (κ3) is 2.51. The highest BCUT2D eigenvalue weighted by atomic mass is 79.9. The SMILES string of the molecule is Cc1cn(-c2ccc(Br)c(C(F)(F)F)c2)c(=S)[nH]1. The number of nitrogens with one attached hydrogen (secondary N) is 1. The molecule has 0 aliphatic heterocycles. The topological polar surface area (TPSA) is 20.7 Å². The zero-order valence-electron chi connectivity index (χ0n) is 9.18. The van der Waals surface area contributed by atoms with Gasteiger partial charge in [0.2, 0.25) is 0 Å². The molecule has 0 aliphatic carbocycles. The molecule has 1 N–H and O–H groups in total. The smallest absolute Gasteiger partial charge is 0.335 e. The van der Waals surface area contributed by atoms with Crippen LogP contribution in [0, 0.1) is 11.7 Å². The minimum atomic E-state index is -4.40. The Balaban J connectivity index is 2.61. The van der Waals surface area contributed by atoms with Gasteiger partial charge < -0.3 is 4.98 Å². The van der Waals surface area contributed by atoms with Crippen molar-refractivity contribution >= 4 is 28.1 Å². The van der Waals surface area contributed by atoms with Gasteiger partial charge in [0.15, 0.2) is 4.77 Å². The molecular formula is C11H8BrF3N2S. The van der Waals surface area contributed by atoms with Crippen LogP contribution < -0.4 is 0 Å². The molecule has 0 saturated heterocycles. The van der Waals surface area contributed by atoms with Gasteiger partial charge in [0.1, 0.15) is 0 Å². The predicted octanol–water partition coefficient (Wildman–Crippen LogP) is 4.62. The van der Waals surface area contributed by atoms with Crippen LogP contribution in [0.1, 0.15) is 11.3 Å². The minimum absolute atomic E-state index is 0.0116. The molecule has 1 aromatic heterocycles. The normalized spacial score (nSPS) is 11.8. The van der Waals surface area contributed by atoms with E-state index in [2.05, 4.69) is 20.9 Å². The van der Waals surface area contributed by atoms with Gasteiger partial charge in [0.05, 0.1) is 5.56 Å². The highest BCUT2D eigenvalue weighted by Gasteiger charge is 2.33. The number of aryl methyl sites for hydroxylation is 1. The standard InChI is InChI=1S/C11H8BrF3N2S/c1-6-5-17(10(18)16-6)7-2-3-9(12)8(4-7)11(13,14)15/h2-5H,1H3,(H,16,18). The number of H-pyrrole nitrogens is 1. The summed E-state index contributed by atoms with van der Waals surface area (Å²) in [6, 6.07) is 4.00. The Hall–Kier alpha value is -1.08. The summed E-state index contributed by atoms with van der Waals surface area (Å²) in [4.78, 5) is 2.86. The number of aromatic amines is 1. The van der Waals surface area contributed by atoms with Crippen LogP contribution in [0.15, 0.2) is 28.9 Å². The Kier molecular flexibility index (Phi) is 3.37. The molecule has 0 radical (unpaired) electrons. The maximum Gasteiger partial charge on any atom is 0.417 e. The van der Waals surface area contributed by atoms with E-state index in [1.54, 1.807) is 19.2 Å². The average molecular weight is 337 g/mol. The Labute approximate surface area is 115 Å². The maximum absolute atomic E-state index is 12.8. The van der Waals surface area contributed by atoms with Gasteiger partial charge in [0, 0.05) is 22.1 Å². The van der Waals surface area contributed by atoms with Crippen LogP contribution in [0.25, 0.3) is 5.69 Å². The number of nitrogens with zero attached hydrogens (tertiary/aromatic N) is 1. The molecule has 18 heavy (non-hydrogen) atoms. The van der Waals surface area contributed by atoms with Crippen molar-refractivity contribution in [2.45, 2.75) is 13.1 Å². The number of aromatic nitrogens is 2. The summed E-state index contributed by atoms with van der Waals surface area (Å²) in [5.41, 5.74) is 0.442. The molecule has 0 saturated carbocycles. The lowest BCUT2D eigenvalue weighted by molar-refractivity contribution is -0.138. The second-order valence-corrected chi connectivity index (χ2v) is 5.02. The van der Waals surface area contributed by atoms with Crippen LogP contribution in [-0.2, 0) is 6.18 Å². The number of halogens is 4. The fourth-order valence-electron chi connectivity index (χ4n) is 1.59. The van der Waals surface area contributed by atoms with E-state index >= 15 is 0 Å². The minimum Gasteiger partial charge on any atom is -0.335 e. The average Bonchev–Trinajstić information content (AvgIpc) is 2.57. The van der Waals surface area contributed by atoms with Crippen molar-refractivity contribution in [2.24, 2.45) is 0 Å². The van der Waals surface area contributed by atoms with Gasteiger partial charge in [-0.05, 0) is 37.3 Å². The Morgan fingerprint density at radius 1 is 1.33 bits per heavy atom. The highest BCUT2D eigenvalue weighted by molar-refractivity contribution is 9.10. The second kappa shape index (κ2) is 4.55. The number of rotatable bonds is 1. The van der Waals surface area contributed by atoms with Crippen LogP contribution in [0.3, 0.4) is 0 Å². The van der Waals surface area contributed by atoms with Crippen molar-refractivity contribution in [3.63, 3.8) is 0 Å². The fraction of sp³-hybridized carbons (Fsp3) is 0.182. The van der Waals surface area contributed by atoms with Crippen molar-refractivity contribution in [1.82, 2.24) is 9.55 Å². The molecule has 96 valence electrons. The highest BCUT2D eigenvalue weighted by Crippen LogP contribution is 2.36. The lowest BCUT2D eigenvalue weighted by atomic mass is 10.2. The van der Waals surface area contributed by atoms with Crippen LogP contribution in [0.4, 0.5) is 13.2 Å². The van der Waals surface area contributed by atoms with Crippen LogP contribution in [0.5, 0.6) is 0 Å². The van der Waals surface area contributed by atoms with Crippen LogP contribution in [0.2, 0.25) is 0 Å². The largest absolute Gasteiger partial charge is 0.417 e. The molecule has 0 atom stereocenters. The zero-order valence-corrected chi connectivity index (χ0v) is 11.6. The van der Waals surface area contributed by atoms with E-state index in [4.69, 9.17) is 12.2 Å². The summed E-state index contributed by atoms with van der Waals surface area (Å²) >= 11 is 7.94. The summed E-state index contributed by atoms with van der Waals surface area (Å²) in [6.45, 7) is 1.79. The first-order chi connectivity index (χ1) is 8.29. The van der Waals surface area contributed by atoms with Crippen molar-refractivity contribution in [1.29, 1.82) is 0 Å². The molecule has 0 bridgehead atoms. The number of imidazole rings is 1. The lowest BCUT2D eigenvalue weighted by Crippen LogP contribution is -2.07. The molecule has 2 rings (SSSR count). The predicted molar refractivity (Wildman–Crippen MR) is 68.4 cm³/mol. The third-order valence-corrected chi connectivity index (χ3v) is 3.37. The number of hydrogen-bond acceptors (Lipinski definition) is 1. The van der Waals surface area contributed by atoms with Gasteiger partial charge in [-0.3, -0.25) is 4.57 Å². The second-order valence-electron chi connectivity index (χ2n) is 3.77. The summed E-state index contributed by atoms with van der Waals surface area (Å²) in [5.74, 6) is 0. The summed E-state index contributed by atoms with van der Waals surface area (Å²) in [5, 5.41) is 0. The van der Waals surface area contributed by atoms with Crippen molar-refractivity contribution in [3.05, 3.63) is 44.9 Å². The fourth-order valence-corrected chi connectivity index (χ4v) is 2.38. The molecule has 1 aromatic carbocycles. The maximum atomic E-state index is 12.8.